The van der Waals surface area contributed by atoms with Crippen LogP contribution in [0.25, 0.3) is 0 Å². The fraction of sp³-hybridized carbons (Fsp3) is 0.0833. The van der Waals surface area contributed by atoms with Gasteiger partial charge in [-0.1, -0.05) is 41.9 Å². The van der Waals surface area contributed by atoms with Crippen LogP contribution in [-0.2, 0) is 14.4 Å². The van der Waals surface area contributed by atoms with E-state index in [0.29, 0.717) is 11.3 Å². The van der Waals surface area contributed by atoms with Crippen molar-refractivity contribution < 1.29 is 28.2 Å². The second-order valence-electron chi connectivity index (χ2n) is 6.87. The van der Waals surface area contributed by atoms with Gasteiger partial charge in [-0.2, -0.15) is 5.10 Å². The van der Waals surface area contributed by atoms with Crippen LogP contribution in [0.5, 0.6) is 11.5 Å². The van der Waals surface area contributed by atoms with Gasteiger partial charge in [0.1, 0.15) is 5.82 Å². The molecule has 0 heterocycles. The highest BCUT2D eigenvalue weighted by atomic mass is 35.5. The van der Waals surface area contributed by atoms with Crippen LogP contribution in [-0.4, -0.2) is 37.7 Å². The number of amides is 3. The van der Waals surface area contributed by atoms with Gasteiger partial charge in [0.25, 0.3) is 5.91 Å². The van der Waals surface area contributed by atoms with Crippen LogP contribution >= 0.6 is 11.6 Å². The standard InChI is InChI=1S/C24H20ClFN4O5/c1-34-20-12-15(13-27-30-24(33)23(32)29-19-10-6-5-9-18(19)26)11-17(25)22(20)35-14-21(31)28-16-7-3-2-4-8-16/h2-13H,14H2,1H3,(H,28,31)(H,29,32)(H,30,33)/b27-13-. The molecule has 0 spiro atoms. The molecule has 0 aromatic heterocycles. The van der Waals surface area contributed by atoms with Crippen LogP contribution in [0.4, 0.5) is 15.8 Å². The number of para-hydroxylation sites is 2. The molecule has 3 N–H and O–H groups in total. The Balaban J connectivity index is 1.58. The molecule has 9 nitrogen and oxygen atoms in total. The van der Waals surface area contributed by atoms with E-state index < -0.39 is 23.5 Å². The third-order valence-corrected chi connectivity index (χ3v) is 4.65. The molecule has 0 radical (unpaired) electrons. The van der Waals surface area contributed by atoms with E-state index in [1.165, 1.54) is 43.7 Å². The SMILES string of the molecule is COc1cc(/C=N\NC(=O)C(=O)Nc2ccccc2F)cc(Cl)c1OCC(=O)Nc1ccccc1. The van der Waals surface area contributed by atoms with Gasteiger partial charge >= 0.3 is 11.8 Å². The summed E-state index contributed by atoms with van der Waals surface area (Å²) in [5.74, 6) is -2.92. The van der Waals surface area contributed by atoms with Crippen molar-refractivity contribution in [3.05, 3.63) is 83.1 Å². The molecule has 0 aliphatic heterocycles. The lowest BCUT2D eigenvalue weighted by atomic mass is 10.2. The van der Waals surface area contributed by atoms with Crippen molar-refractivity contribution in [3.8, 4) is 11.5 Å². The third kappa shape index (κ3) is 7.27. The van der Waals surface area contributed by atoms with Crippen LogP contribution in [0, 0.1) is 5.82 Å². The number of anilines is 2. The lowest BCUT2D eigenvalue weighted by molar-refractivity contribution is -0.136. The van der Waals surface area contributed by atoms with E-state index in [0.717, 1.165) is 6.07 Å². The largest absolute Gasteiger partial charge is 0.493 e. The number of benzene rings is 3. The number of methoxy groups -OCH3 is 1. The first kappa shape index (κ1) is 25.2. The molecule has 0 unspecified atom stereocenters. The Kier molecular flexibility index (Phi) is 8.74. The number of hydrogen-bond acceptors (Lipinski definition) is 6. The highest BCUT2D eigenvalue weighted by Gasteiger charge is 2.16. The van der Waals surface area contributed by atoms with E-state index in [4.69, 9.17) is 21.1 Å². The number of carbonyl (C=O) groups is 3. The molecule has 0 fully saturated rings. The average molecular weight is 499 g/mol. The van der Waals surface area contributed by atoms with Crippen LogP contribution in [0.2, 0.25) is 5.02 Å². The topological polar surface area (TPSA) is 118 Å². The van der Waals surface area contributed by atoms with Crippen molar-refractivity contribution in [1.82, 2.24) is 5.43 Å². The fourth-order valence-electron chi connectivity index (χ4n) is 2.77. The third-order valence-electron chi connectivity index (χ3n) is 4.36. The molecule has 11 heteroatoms. The number of ether oxygens (including phenoxy) is 2. The maximum Gasteiger partial charge on any atom is 0.329 e. The van der Waals surface area contributed by atoms with Crippen LogP contribution < -0.4 is 25.5 Å². The molecule has 0 saturated heterocycles. The van der Waals surface area contributed by atoms with E-state index in [1.54, 1.807) is 24.3 Å². The molecule has 35 heavy (non-hydrogen) atoms. The van der Waals surface area contributed by atoms with Gasteiger partial charge < -0.3 is 20.1 Å². The predicted octanol–water partition coefficient (Wildman–Crippen LogP) is 3.59. The zero-order chi connectivity index (χ0) is 25.2. The Morgan fingerprint density at radius 2 is 1.71 bits per heavy atom. The first-order valence-corrected chi connectivity index (χ1v) is 10.5. The zero-order valence-corrected chi connectivity index (χ0v) is 19.1. The number of hydrogen-bond donors (Lipinski definition) is 3. The van der Waals surface area contributed by atoms with Crippen molar-refractivity contribution in [3.63, 3.8) is 0 Å². The summed E-state index contributed by atoms with van der Waals surface area (Å²) >= 11 is 6.27. The van der Waals surface area contributed by atoms with Gasteiger partial charge in [-0.15, -0.1) is 0 Å². The normalized spacial score (nSPS) is 10.5. The highest BCUT2D eigenvalue weighted by Crippen LogP contribution is 2.36. The molecule has 3 rings (SSSR count). The lowest BCUT2D eigenvalue weighted by Gasteiger charge is -2.13. The maximum absolute atomic E-state index is 13.6. The minimum absolute atomic E-state index is 0.127. The summed E-state index contributed by atoms with van der Waals surface area (Å²) in [5, 5.41) is 8.65. The van der Waals surface area contributed by atoms with Crippen molar-refractivity contribution in [2.75, 3.05) is 24.4 Å². The Bertz CT molecular complexity index is 1250. The number of rotatable bonds is 8. The molecular weight excluding hydrogens is 479 g/mol. The summed E-state index contributed by atoms with van der Waals surface area (Å²) in [6, 6.07) is 17.3. The van der Waals surface area contributed by atoms with Gasteiger partial charge in [0.15, 0.2) is 18.1 Å². The van der Waals surface area contributed by atoms with Gasteiger partial charge in [0.2, 0.25) is 0 Å². The van der Waals surface area contributed by atoms with Crippen LogP contribution in [0.1, 0.15) is 5.56 Å². The summed E-state index contributed by atoms with van der Waals surface area (Å²) < 4.78 is 24.4. The molecule has 0 aliphatic carbocycles. The van der Waals surface area contributed by atoms with E-state index in [9.17, 15) is 18.8 Å². The van der Waals surface area contributed by atoms with E-state index in [-0.39, 0.29) is 28.8 Å². The molecule has 3 aromatic rings. The highest BCUT2D eigenvalue weighted by molar-refractivity contribution is 6.39. The van der Waals surface area contributed by atoms with Crippen molar-refractivity contribution >= 4 is 46.9 Å². The monoisotopic (exact) mass is 498 g/mol. The second kappa shape index (κ2) is 12.1. The Morgan fingerprint density at radius 3 is 2.43 bits per heavy atom. The van der Waals surface area contributed by atoms with Gasteiger partial charge in [-0.25, -0.2) is 9.82 Å². The van der Waals surface area contributed by atoms with Crippen LogP contribution in [0.15, 0.2) is 71.8 Å². The van der Waals surface area contributed by atoms with Gasteiger partial charge in [0.05, 0.1) is 24.0 Å². The maximum atomic E-state index is 13.6. The number of nitrogens with one attached hydrogen (secondary N) is 3. The molecule has 3 amide bonds. The molecular formula is C24H20ClFN4O5. The fourth-order valence-corrected chi connectivity index (χ4v) is 3.04. The molecule has 0 saturated carbocycles. The molecule has 3 aromatic carbocycles. The number of nitrogens with zero attached hydrogens (tertiary/aromatic N) is 1. The summed E-state index contributed by atoms with van der Waals surface area (Å²) in [7, 11) is 1.39. The van der Waals surface area contributed by atoms with E-state index in [2.05, 4.69) is 15.7 Å². The smallest absolute Gasteiger partial charge is 0.329 e. The minimum atomic E-state index is -1.10. The van der Waals surface area contributed by atoms with Crippen LogP contribution in [0.3, 0.4) is 0 Å². The second-order valence-corrected chi connectivity index (χ2v) is 7.28. The minimum Gasteiger partial charge on any atom is -0.493 e. The van der Waals surface area contributed by atoms with Crippen molar-refractivity contribution in [1.29, 1.82) is 0 Å². The summed E-state index contributed by atoms with van der Waals surface area (Å²) in [6.07, 6.45) is 1.22. The van der Waals surface area contributed by atoms with Gasteiger partial charge in [-0.3, -0.25) is 14.4 Å². The summed E-state index contributed by atoms with van der Waals surface area (Å²) in [4.78, 5) is 35.9. The summed E-state index contributed by atoms with van der Waals surface area (Å²) in [6.45, 7) is -0.314. The number of carbonyl (C=O) groups excluding carboxylic acids is 3. The Morgan fingerprint density at radius 1 is 1.00 bits per heavy atom. The first-order valence-electron chi connectivity index (χ1n) is 10.1. The summed E-state index contributed by atoms with van der Waals surface area (Å²) in [5.41, 5.74) is 2.92. The lowest BCUT2D eigenvalue weighted by Crippen LogP contribution is -2.32. The predicted molar refractivity (Wildman–Crippen MR) is 129 cm³/mol. The molecule has 0 bridgehead atoms. The Hall–Kier alpha value is -4.44. The quantitative estimate of drug-likeness (QED) is 0.249. The van der Waals surface area contributed by atoms with Gasteiger partial charge in [-0.05, 0) is 42.0 Å². The molecule has 0 atom stereocenters. The molecule has 0 aliphatic rings. The van der Waals surface area contributed by atoms with Gasteiger partial charge in [0, 0.05) is 5.69 Å². The van der Waals surface area contributed by atoms with E-state index >= 15 is 0 Å². The Labute approximate surface area is 204 Å². The zero-order valence-electron chi connectivity index (χ0n) is 18.4. The van der Waals surface area contributed by atoms with Crippen molar-refractivity contribution in [2.24, 2.45) is 5.10 Å². The van der Waals surface area contributed by atoms with E-state index in [1.807, 2.05) is 11.5 Å². The number of hydrazone groups is 1. The average Bonchev–Trinajstić information content (AvgIpc) is 2.85. The first-order chi connectivity index (χ1) is 16.9. The number of halogens is 2. The van der Waals surface area contributed by atoms with Crippen molar-refractivity contribution in [2.45, 2.75) is 0 Å². The molecule has 180 valence electrons.